The minimum Gasteiger partial charge on any atom is -0.497 e. The van der Waals surface area contributed by atoms with Crippen LogP contribution in [0.1, 0.15) is 49.0 Å². The van der Waals surface area contributed by atoms with Gasteiger partial charge in [0.05, 0.1) is 7.11 Å². The summed E-state index contributed by atoms with van der Waals surface area (Å²) in [6, 6.07) is 3.87. The third kappa shape index (κ3) is 4.02. The number of aromatic nitrogens is 1. The second-order valence-corrected chi connectivity index (χ2v) is 6.57. The van der Waals surface area contributed by atoms with Gasteiger partial charge in [-0.05, 0) is 57.7 Å². The van der Waals surface area contributed by atoms with Crippen LogP contribution in [0.3, 0.4) is 0 Å². The smallest absolute Gasteiger partial charge is 0.272 e. The molecule has 0 saturated carbocycles. The van der Waals surface area contributed by atoms with Gasteiger partial charge < -0.3 is 14.5 Å². The number of piperidine rings is 1. The molecule has 5 heteroatoms. The Hall–Kier alpha value is -1.62. The van der Waals surface area contributed by atoms with Gasteiger partial charge in [-0.15, -0.1) is 0 Å². The van der Waals surface area contributed by atoms with E-state index in [0.717, 1.165) is 32.4 Å². The van der Waals surface area contributed by atoms with E-state index in [-0.39, 0.29) is 5.91 Å². The van der Waals surface area contributed by atoms with Crippen molar-refractivity contribution >= 4 is 5.91 Å². The molecule has 3 heterocycles. The molecule has 126 valence electrons. The quantitative estimate of drug-likeness (QED) is 0.837. The van der Waals surface area contributed by atoms with Gasteiger partial charge in [0.1, 0.15) is 11.4 Å². The van der Waals surface area contributed by atoms with Gasteiger partial charge in [0, 0.05) is 31.4 Å². The van der Waals surface area contributed by atoms with E-state index in [0.29, 0.717) is 17.5 Å². The fourth-order valence-electron chi connectivity index (χ4n) is 3.71. The number of methoxy groups -OCH3 is 1. The van der Waals surface area contributed by atoms with Crippen molar-refractivity contribution in [1.82, 2.24) is 14.8 Å². The summed E-state index contributed by atoms with van der Waals surface area (Å²) in [6.07, 6.45) is 8.80. The van der Waals surface area contributed by atoms with Crippen LogP contribution in [0.4, 0.5) is 0 Å². The van der Waals surface area contributed by atoms with Gasteiger partial charge in [-0.1, -0.05) is 0 Å². The lowest BCUT2D eigenvalue weighted by Crippen LogP contribution is -2.45. The summed E-state index contributed by atoms with van der Waals surface area (Å²) >= 11 is 0. The summed E-state index contributed by atoms with van der Waals surface area (Å²) in [7, 11) is 1.61. The largest absolute Gasteiger partial charge is 0.497 e. The number of likely N-dealkylation sites (tertiary alicyclic amines) is 2. The molecule has 0 radical (unpaired) electrons. The first-order valence-corrected chi connectivity index (χ1v) is 8.81. The molecule has 0 spiro atoms. The van der Waals surface area contributed by atoms with Crippen molar-refractivity contribution < 1.29 is 9.53 Å². The maximum atomic E-state index is 12.9. The van der Waals surface area contributed by atoms with Crippen LogP contribution in [0.15, 0.2) is 18.3 Å². The summed E-state index contributed by atoms with van der Waals surface area (Å²) in [5.74, 6) is 0.740. The number of ether oxygens (including phenoxy) is 1. The summed E-state index contributed by atoms with van der Waals surface area (Å²) in [5.41, 5.74) is 0.498. The lowest BCUT2D eigenvalue weighted by molar-refractivity contribution is 0.0581. The Balaban J connectivity index is 1.65. The molecule has 2 aliphatic rings. The number of nitrogens with zero attached hydrogens (tertiary/aromatic N) is 3. The topological polar surface area (TPSA) is 45.7 Å². The Labute approximate surface area is 138 Å². The van der Waals surface area contributed by atoms with Crippen LogP contribution in [-0.4, -0.2) is 60.0 Å². The molecule has 2 aliphatic heterocycles. The lowest BCUT2D eigenvalue weighted by atomic mass is 9.98. The number of rotatable bonds is 5. The molecular weight excluding hydrogens is 290 g/mol. The van der Waals surface area contributed by atoms with Gasteiger partial charge in [0.15, 0.2) is 0 Å². The van der Waals surface area contributed by atoms with Gasteiger partial charge in [-0.3, -0.25) is 9.78 Å². The molecular formula is C18H27N3O2. The second-order valence-electron chi connectivity index (χ2n) is 6.57. The Kier molecular flexibility index (Phi) is 5.49. The molecule has 1 aromatic rings. The van der Waals surface area contributed by atoms with E-state index >= 15 is 0 Å². The highest BCUT2D eigenvalue weighted by molar-refractivity contribution is 5.92. The first kappa shape index (κ1) is 16.2. The van der Waals surface area contributed by atoms with Gasteiger partial charge in [0.25, 0.3) is 5.91 Å². The molecule has 2 fully saturated rings. The van der Waals surface area contributed by atoms with E-state index in [2.05, 4.69) is 9.88 Å². The highest BCUT2D eigenvalue weighted by Crippen LogP contribution is 2.23. The molecule has 0 N–H and O–H groups in total. The van der Waals surface area contributed by atoms with E-state index in [1.807, 2.05) is 4.90 Å². The average molecular weight is 317 g/mol. The maximum Gasteiger partial charge on any atom is 0.272 e. The number of hydrogen-bond donors (Lipinski definition) is 0. The first-order chi connectivity index (χ1) is 11.3. The van der Waals surface area contributed by atoms with Crippen LogP contribution >= 0.6 is 0 Å². The Morgan fingerprint density at radius 1 is 1.26 bits per heavy atom. The Morgan fingerprint density at radius 3 is 2.83 bits per heavy atom. The normalized spacial score (nSPS) is 22.3. The predicted molar refractivity (Wildman–Crippen MR) is 89.8 cm³/mol. The zero-order valence-corrected chi connectivity index (χ0v) is 14.0. The third-order valence-corrected chi connectivity index (χ3v) is 5.05. The number of pyridine rings is 1. The summed E-state index contributed by atoms with van der Waals surface area (Å²) in [4.78, 5) is 21.7. The van der Waals surface area contributed by atoms with Crippen LogP contribution in [0.25, 0.3) is 0 Å². The Morgan fingerprint density at radius 2 is 2.04 bits per heavy atom. The first-order valence-electron chi connectivity index (χ1n) is 8.81. The molecule has 1 atom stereocenters. The fraction of sp³-hybridized carbons (Fsp3) is 0.667. The zero-order chi connectivity index (χ0) is 16.1. The molecule has 0 aliphatic carbocycles. The number of carbonyl (C=O) groups excluding carboxylic acids is 1. The number of amides is 1. The van der Waals surface area contributed by atoms with E-state index in [1.54, 1.807) is 25.4 Å². The highest BCUT2D eigenvalue weighted by Gasteiger charge is 2.28. The standard InChI is InChI=1S/C18H27N3O2/c1-23-16-7-9-19-17(14-16)18(22)21-12-3-2-6-15(21)8-13-20-10-4-5-11-20/h7,9,14-15H,2-6,8,10-13H2,1H3/t15-/m0/s1. The minimum absolute atomic E-state index is 0.0509. The molecule has 2 saturated heterocycles. The minimum atomic E-state index is 0.0509. The molecule has 5 nitrogen and oxygen atoms in total. The molecule has 0 unspecified atom stereocenters. The van der Waals surface area contributed by atoms with Crippen LogP contribution in [0.2, 0.25) is 0 Å². The van der Waals surface area contributed by atoms with Gasteiger partial charge >= 0.3 is 0 Å². The zero-order valence-electron chi connectivity index (χ0n) is 14.0. The van der Waals surface area contributed by atoms with E-state index in [1.165, 1.54) is 32.4 Å². The van der Waals surface area contributed by atoms with Crippen LogP contribution in [0, 0.1) is 0 Å². The van der Waals surface area contributed by atoms with Crippen molar-refractivity contribution in [3.8, 4) is 5.75 Å². The molecule has 1 aromatic heterocycles. The monoisotopic (exact) mass is 317 g/mol. The van der Waals surface area contributed by atoms with Gasteiger partial charge in [-0.25, -0.2) is 0 Å². The number of hydrogen-bond acceptors (Lipinski definition) is 4. The van der Waals surface area contributed by atoms with Gasteiger partial charge in [-0.2, -0.15) is 0 Å². The molecule has 3 rings (SSSR count). The summed E-state index contributed by atoms with van der Waals surface area (Å²) in [6.45, 7) is 4.40. The van der Waals surface area contributed by atoms with Crippen molar-refractivity contribution in [2.24, 2.45) is 0 Å². The lowest BCUT2D eigenvalue weighted by Gasteiger charge is -2.36. The van der Waals surface area contributed by atoms with Crippen molar-refractivity contribution in [1.29, 1.82) is 0 Å². The van der Waals surface area contributed by atoms with Crippen LogP contribution < -0.4 is 4.74 Å². The van der Waals surface area contributed by atoms with Crippen molar-refractivity contribution in [2.45, 2.75) is 44.6 Å². The average Bonchev–Trinajstić information content (AvgIpc) is 3.13. The van der Waals surface area contributed by atoms with Crippen molar-refractivity contribution in [2.75, 3.05) is 33.3 Å². The van der Waals surface area contributed by atoms with E-state index < -0.39 is 0 Å². The van der Waals surface area contributed by atoms with Crippen LogP contribution in [-0.2, 0) is 0 Å². The van der Waals surface area contributed by atoms with E-state index in [9.17, 15) is 4.79 Å². The van der Waals surface area contributed by atoms with Gasteiger partial charge in [0.2, 0.25) is 0 Å². The molecule has 1 amide bonds. The van der Waals surface area contributed by atoms with Crippen LogP contribution in [0.5, 0.6) is 5.75 Å². The third-order valence-electron chi connectivity index (χ3n) is 5.05. The highest BCUT2D eigenvalue weighted by atomic mass is 16.5. The summed E-state index contributed by atoms with van der Waals surface area (Å²) in [5, 5.41) is 0. The second kappa shape index (κ2) is 7.77. The Bertz CT molecular complexity index is 529. The SMILES string of the molecule is COc1ccnc(C(=O)N2CCCC[C@H]2CCN2CCCC2)c1. The fourth-order valence-corrected chi connectivity index (χ4v) is 3.71. The maximum absolute atomic E-state index is 12.9. The summed E-state index contributed by atoms with van der Waals surface area (Å²) < 4.78 is 5.22. The molecule has 0 aromatic carbocycles. The van der Waals surface area contributed by atoms with E-state index in [4.69, 9.17) is 4.74 Å². The molecule has 23 heavy (non-hydrogen) atoms. The van der Waals surface area contributed by atoms with Crippen molar-refractivity contribution in [3.05, 3.63) is 24.0 Å². The molecule has 0 bridgehead atoms. The number of carbonyl (C=O) groups is 1. The predicted octanol–water partition coefficient (Wildman–Crippen LogP) is 2.57. The van der Waals surface area contributed by atoms with Crippen molar-refractivity contribution in [3.63, 3.8) is 0 Å².